The van der Waals surface area contributed by atoms with E-state index >= 15 is 0 Å². The highest BCUT2D eigenvalue weighted by Crippen LogP contribution is 2.34. The first kappa shape index (κ1) is 24.7. The Morgan fingerprint density at radius 1 is 0.971 bits per heavy atom. The van der Waals surface area contributed by atoms with Crippen LogP contribution in [0.2, 0.25) is 0 Å². The number of methoxy groups -OCH3 is 3. The topological polar surface area (TPSA) is 80.7 Å². The summed E-state index contributed by atoms with van der Waals surface area (Å²) in [7, 11) is 4.85. The molecule has 1 atom stereocenters. The van der Waals surface area contributed by atoms with Crippen LogP contribution in [0, 0.1) is 5.92 Å². The van der Waals surface area contributed by atoms with Crippen molar-refractivity contribution in [2.75, 3.05) is 41.0 Å². The van der Waals surface area contributed by atoms with Crippen LogP contribution in [0.3, 0.4) is 0 Å². The van der Waals surface area contributed by atoms with Gasteiger partial charge in [-0.05, 0) is 60.4 Å². The molecule has 2 amide bonds. The van der Waals surface area contributed by atoms with Crippen LogP contribution in [0.1, 0.15) is 42.9 Å². The number of rotatable bonds is 10. The number of carbonyl (C=O) groups is 2. The predicted octanol–water partition coefficient (Wildman–Crippen LogP) is 3.66. The van der Waals surface area contributed by atoms with Crippen molar-refractivity contribution >= 4 is 17.5 Å². The minimum atomic E-state index is -0.270. The number of nitrogens with zero attached hydrogens (tertiary/aromatic N) is 3. The Hall–Kier alpha value is -3.39. The standard InChI is InChI=1S/C27H33N3O5/c1-33-16-15-29(27(32)21-5-4-6-21)18-26(31)30-25(20-9-13-23(35-3)14-10-20)17-24(28-30)19-7-11-22(34-2)12-8-19/h7-14,21,25H,4-6,15-18H2,1-3H3/t25-/m0/s1. The second-order valence-electron chi connectivity index (χ2n) is 8.89. The zero-order valence-corrected chi connectivity index (χ0v) is 20.6. The van der Waals surface area contributed by atoms with Gasteiger partial charge in [0.25, 0.3) is 5.91 Å². The molecule has 0 N–H and O–H groups in total. The third kappa shape index (κ3) is 5.65. The van der Waals surface area contributed by atoms with Crippen molar-refractivity contribution in [1.29, 1.82) is 0 Å². The minimum Gasteiger partial charge on any atom is -0.497 e. The van der Waals surface area contributed by atoms with Crippen LogP contribution in [-0.2, 0) is 14.3 Å². The molecule has 0 aromatic heterocycles. The van der Waals surface area contributed by atoms with Gasteiger partial charge < -0.3 is 19.1 Å². The molecule has 1 heterocycles. The minimum absolute atomic E-state index is 0.00832. The number of hydrogen-bond donors (Lipinski definition) is 0. The van der Waals surface area contributed by atoms with E-state index < -0.39 is 0 Å². The summed E-state index contributed by atoms with van der Waals surface area (Å²) < 4.78 is 15.8. The van der Waals surface area contributed by atoms with E-state index in [0.717, 1.165) is 47.6 Å². The highest BCUT2D eigenvalue weighted by Gasteiger charge is 2.36. The fourth-order valence-electron chi connectivity index (χ4n) is 4.40. The van der Waals surface area contributed by atoms with Crippen molar-refractivity contribution in [3.63, 3.8) is 0 Å². The van der Waals surface area contributed by atoms with E-state index in [0.29, 0.717) is 19.6 Å². The second-order valence-corrected chi connectivity index (χ2v) is 8.89. The quantitative estimate of drug-likeness (QED) is 0.520. The predicted molar refractivity (Wildman–Crippen MR) is 133 cm³/mol. The second kappa shape index (κ2) is 11.4. The summed E-state index contributed by atoms with van der Waals surface area (Å²) in [5.74, 6) is 1.33. The highest BCUT2D eigenvalue weighted by molar-refractivity contribution is 6.03. The third-order valence-corrected chi connectivity index (χ3v) is 6.75. The van der Waals surface area contributed by atoms with Gasteiger partial charge in [-0.3, -0.25) is 9.59 Å². The van der Waals surface area contributed by atoms with Crippen LogP contribution < -0.4 is 9.47 Å². The van der Waals surface area contributed by atoms with Crippen LogP contribution in [-0.4, -0.2) is 68.5 Å². The Morgan fingerprint density at radius 2 is 1.60 bits per heavy atom. The van der Waals surface area contributed by atoms with Gasteiger partial charge in [-0.2, -0.15) is 5.10 Å². The Morgan fingerprint density at radius 3 is 2.14 bits per heavy atom. The average Bonchev–Trinajstić information content (AvgIpc) is 3.31. The van der Waals surface area contributed by atoms with Gasteiger partial charge in [-0.15, -0.1) is 0 Å². The van der Waals surface area contributed by atoms with Crippen LogP contribution >= 0.6 is 0 Å². The Balaban J connectivity index is 1.59. The molecular formula is C27H33N3O5. The van der Waals surface area contributed by atoms with Crippen LogP contribution in [0.25, 0.3) is 0 Å². The molecule has 1 aliphatic heterocycles. The van der Waals surface area contributed by atoms with E-state index in [-0.39, 0.29) is 30.3 Å². The number of hydrogen-bond acceptors (Lipinski definition) is 6. The largest absolute Gasteiger partial charge is 0.497 e. The summed E-state index contributed by atoms with van der Waals surface area (Å²) in [5, 5.41) is 6.28. The zero-order chi connectivity index (χ0) is 24.8. The van der Waals surface area contributed by atoms with Gasteiger partial charge in [-0.1, -0.05) is 18.6 Å². The van der Waals surface area contributed by atoms with Crippen molar-refractivity contribution in [3.8, 4) is 11.5 Å². The van der Waals surface area contributed by atoms with Crippen LogP contribution in [0.15, 0.2) is 53.6 Å². The lowest BCUT2D eigenvalue weighted by molar-refractivity contribution is -0.146. The van der Waals surface area contributed by atoms with E-state index in [2.05, 4.69) is 0 Å². The molecule has 0 unspecified atom stereocenters. The molecule has 2 aliphatic rings. The van der Waals surface area contributed by atoms with Crippen molar-refractivity contribution < 1.29 is 23.8 Å². The monoisotopic (exact) mass is 479 g/mol. The van der Waals surface area contributed by atoms with E-state index in [9.17, 15) is 9.59 Å². The van der Waals surface area contributed by atoms with Crippen molar-refractivity contribution in [3.05, 3.63) is 59.7 Å². The molecule has 8 nitrogen and oxygen atoms in total. The van der Waals surface area contributed by atoms with Crippen molar-refractivity contribution in [2.24, 2.45) is 11.0 Å². The van der Waals surface area contributed by atoms with E-state index in [4.69, 9.17) is 19.3 Å². The van der Waals surface area contributed by atoms with Gasteiger partial charge in [0.15, 0.2) is 0 Å². The molecule has 0 spiro atoms. The molecule has 2 aromatic carbocycles. The number of amides is 2. The molecule has 2 aromatic rings. The van der Waals surface area contributed by atoms with E-state index in [1.54, 1.807) is 26.2 Å². The molecule has 0 radical (unpaired) electrons. The number of benzene rings is 2. The Bertz CT molecular complexity index is 1050. The average molecular weight is 480 g/mol. The van der Waals surface area contributed by atoms with Gasteiger partial charge in [0, 0.05) is 26.0 Å². The SMILES string of the molecule is COCCN(CC(=O)N1N=C(c2ccc(OC)cc2)C[C@H]1c1ccc(OC)cc1)C(=O)C1CCC1. The normalized spacial score (nSPS) is 17.5. The van der Waals surface area contributed by atoms with Gasteiger partial charge in [-0.25, -0.2) is 5.01 Å². The van der Waals surface area contributed by atoms with Gasteiger partial charge >= 0.3 is 0 Å². The van der Waals surface area contributed by atoms with Crippen LogP contribution in [0.5, 0.6) is 11.5 Å². The summed E-state index contributed by atoms with van der Waals surface area (Å²) in [6.45, 7) is 0.742. The van der Waals surface area contributed by atoms with Crippen LogP contribution in [0.4, 0.5) is 0 Å². The maximum atomic E-state index is 13.6. The smallest absolute Gasteiger partial charge is 0.262 e. The Kier molecular flexibility index (Phi) is 8.02. The molecule has 0 bridgehead atoms. The maximum absolute atomic E-state index is 13.6. The summed E-state index contributed by atoms with van der Waals surface area (Å²) in [4.78, 5) is 28.2. The summed E-state index contributed by atoms with van der Waals surface area (Å²) >= 11 is 0. The van der Waals surface area contributed by atoms with Crippen molar-refractivity contribution in [2.45, 2.75) is 31.7 Å². The first-order valence-electron chi connectivity index (χ1n) is 12.0. The molecule has 186 valence electrons. The number of hydrazone groups is 1. The lowest BCUT2D eigenvalue weighted by Crippen LogP contribution is -2.46. The lowest BCUT2D eigenvalue weighted by atomic mass is 9.84. The van der Waals surface area contributed by atoms with Gasteiger partial charge in [0.1, 0.15) is 18.0 Å². The van der Waals surface area contributed by atoms with E-state index in [1.807, 2.05) is 48.5 Å². The molecule has 1 saturated carbocycles. The first-order valence-corrected chi connectivity index (χ1v) is 12.0. The highest BCUT2D eigenvalue weighted by atomic mass is 16.5. The zero-order valence-electron chi connectivity index (χ0n) is 20.6. The first-order chi connectivity index (χ1) is 17.0. The summed E-state index contributed by atoms with van der Waals surface area (Å²) in [6, 6.07) is 15.1. The molecular weight excluding hydrogens is 446 g/mol. The fraction of sp³-hybridized carbons (Fsp3) is 0.444. The maximum Gasteiger partial charge on any atom is 0.262 e. The third-order valence-electron chi connectivity index (χ3n) is 6.75. The van der Waals surface area contributed by atoms with E-state index in [1.165, 1.54) is 5.01 Å². The van der Waals surface area contributed by atoms with Crippen molar-refractivity contribution in [1.82, 2.24) is 9.91 Å². The lowest BCUT2D eigenvalue weighted by Gasteiger charge is -2.32. The molecule has 0 saturated heterocycles. The molecule has 1 fully saturated rings. The summed E-state index contributed by atoms with van der Waals surface area (Å²) in [5.41, 5.74) is 2.71. The molecule has 4 rings (SSSR count). The number of ether oxygens (including phenoxy) is 3. The Labute approximate surface area is 206 Å². The van der Waals surface area contributed by atoms with Gasteiger partial charge in [0.05, 0.1) is 32.6 Å². The summed E-state index contributed by atoms with van der Waals surface area (Å²) in [6.07, 6.45) is 3.39. The molecule has 1 aliphatic carbocycles. The fourth-order valence-corrected chi connectivity index (χ4v) is 4.40. The molecule has 35 heavy (non-hydrogen) atoms. The number of carbonyl (C=O) groups excluding carboxylic acids is 2. The van der Waals surface area contributed by atoms with Gasteiger partial charge in [0.2, 0.25) is 5.91 Å². The molecule has 8 heteroatoms.